The second-order valence-corrected chi connectivity index (χ2v) is 52.1. The fraction of sp³-hybridized carbons (Fsp3) is 0.409. The SMILES string of the molecule is CC(C)[Si](C#Cc1c2cc3ccccc3cc2c(C#C[Si](C(C)C)(C(C)C)C2CC2)c2cc3ccccc3cc12)(C(C)C)C1CC1.CC(C)[Si](C#Cc1c2cc3ccccc3cc2c(C#C[Si](C(C)C)(C2CC2)C2CC2)c2cc3ccccc3cc12)(C1CC1)C1CC1. The molecule has 0 unspecified atom stereocenters. The highest BCUT2D eigenvalue weighted by Gasteiger charge is 2.59. The first-order chi connectivity index (χ1) is 44.5. The summed E-state index contributed by atoms with van der Waals surface area (Å²) in [6, 6.07) is 55.1. The fourth-order valence-electron chi connectivity index (χ4n) is 19.0. The molecule has 0 atom stereocenters. The van der Waals surface area contributed by atoms with E-state index in [1.54, 1.807) is 0 Å². The van der Waals surface area contributed by atoms with Crippen LogP contribution in [0.3, 0.4) is 0 Å². The highest BCUT2D eigenvalue weighted by molar-refractivity contribution is 6.93. The van der Waals surface area contributed by atoms with Crippen molar-refractivity contribution < 1.29 is 0 Å². The Kier molecular flexibility index (Phi) is 15.9. The van der Waals surface area contributed by atoms with Gasteiger partial charge in [-0.1, -0.05) is 281 Å². The fourth-order valence-corrected chi connectivity index (χ4v) is 41.6. The van der Waals surface area contributed by atoms with Gasteiger partial charge in [-0.3, -0.25) is 0 Å². The van der Waals surface area contributed by atoms with Gasteiger partial charge in [0.2, 0.25) is 0 Å². The van der Waals surface area contributed by atoms with Gasteiger partial charge in [0, 0.05) is 22.3 Å². The first-order valence-electron chi connectivity index (χ1n) is 36.2. The van der Waals surface area contributed by atoms with Crippen LogP contribution in [0.25, 0.3) is 86.2 Å². The van der Waals surface area contributed by atoms with Gasteiger partial charge in [0.25, 0.3) is 0 Å². The molecule has 464 valence electrons. The molecule has 4 heteroatoms. The molecule has 92 heavy (non-hydrogen) atoms. The van der Waals surface area contributed by atoms with E-state index in [1.165, 1.54) is 185 Å². The van der Waals surface area contributed by atoms with Crippen LogP contribution < -0.4 is 0 Å². The first-order valence-corrected chi connectivity index (χ1v) is 45.1. The van der Waals surface area contributed by atoms with E-state index in [1.807, 2.05) is 0 Å². The summed E-state index contributed by atoms with van der Waals surface area (Å²) in [5, 5.41) is 20.7. The molecule has 0 radical (unpaired) electrons. The van der Waals surface area contributed by atoms with Crippen molar-refractivity contribution in [3.63, 3.8) is 0 Å². The van der Waals surface area contributed by atoms with E-state index >= 15 is 0 Å². The molecule has 0 aromatic heterocycles. The first kappa shape index (κ1) is 61.6. The minimum absolute atomic E-state index is 0.643. The lowest BCUT2D eigenvalue weighted by atomic mass is 9.89. The standard InChI is InChI=1S/C44H46Si2.C44H50Si2/c1-29(2)45(35-13-14-35,36-15-16-36)23-21-39-41-25-31-9-5-7-11-33(31)27-43(41)40(44-28-34-12-8-6-10-32(34)26-42(39)44)22-24-46(30(3)4,37-17-18-37)38-19-20-38;1-29(2)45(30(3)4,37-17-18-37)23-21-39-41-25-33-13-9-11-15-35(33)27-43(41)40(22-24-46(31(5)6,32(7)8)38-19-20-38)44-28-36-16-12-10-14-34(36)26-42(39)44/h5-12,25-30,35-38H,13-20H2,1-4H3;9-16,25-32,37-38H,17-20H2,1-8H3. The van der Waals surface area contributed by atoms with E-state index in [4.69, 9.17) is 0 Å². The lowest BCUT2D eigenvalue weighted by Crippen LogP contribution is -2.40. The average Bonchev–Trinajstić information content (AvgIpc) is 1.73. The monoisotopic (exact) mass is 1260 g/mol. The maximum Gasteiger partial charge on any atom is 0.147 e. The number of hydrogen-bond donors (Lipinski definition) is 0. The number of fused-ring (bicyclic) bond motifs is 8. The predicted octanol–water partition coefficient (Wildman–Crippen LogP) is 25.4. The third-order valence-electron chi connectivity index (χ3n) is 24.6. The van der Waals surface area contributed by atoms with Gasteiger partial charge in [-0.15, -0.1) is 22.2 Å². The molecule has 0 nitrogen and oxygen atoms in total. The maximum atomic E-state index is 4.25. The molecule has 6 saturated carbocycles. The molecular weight excluding hydrogens is 1170 g/mol. The van der Waals surface area contributed by atoms with Gasteiger partial charge in [0.1, 0.15) is 32.3 Å². The number of rotatable bonds is 12. The highest BCUT2D eigenvalue weighted by Crippen LogP contribution is 2.64. The van der Waals surface area contributed by atoms with E-state index < -0.39 is 32.3 Å². The normalized spacial score (nSPS) is 17.2. The Morgan fingerprint density at radius 1 is 0.239 bits per heavy atom. The van der Waals surface area contributed by atoms with Gasteiger partial charge < -0.3 is 0 Å². The van der Waals surface area contributed by atoms with E-state index in [0.717, 1.165) is 33.2 Å². The summed E-state index contributed by atoms with van der Waals surface area (Å²) in [5.74, 6) is 16.2. The van der Waals surface area contributed by atoms with Crippen molar-refractivity contribution >= 4 is 118 Å². The Bertz CT molecular complexity index is 4020. The molecule has 0 N–H and O–H groups in total. The third-order valence-corrected chi connectivity index (χ3v) is 49.8. The summed E-state index contributed by atoms with van der Waals surface area (Å²) in [4.78, 5) is 0. The van der Waals surface area contributed by atoms with Crippen LogP contribution in [0.5, 0.6) is 0 Å². The van der Waals surface area contributed by atoms with Gasteiger partial charge in [-0.05, 0) is 201 Å². The molecular formula is C88H96Si4. The van der Waals surface area contributed by atoms with Crippen LogP contribution in [0.15, 0.2) is 146 Å². The lowest BCUT2D eigenvalue weighted by Gasteiger charge is -2.34. The molecule has 10 aromatic carbocycles. The molecule has 0 aliphatic heterocycles. The lowest BCUT2D eigenvalue weighted by molar-refractivity contribution is 0.891. The molecule has 6 fully saturated rings. The Morgan fingerprint density at radius 3 is 0.565 bits per heavy atom. The van der Waals surface area contributed by atoms with E-state index in [-0.39, 0.29) is 0 Å². The molecule has 0 bridgehead atoms. The van der Waals surface area contributed by atoms with Crippen molar-refractivity contribution in [2.75, 3.05) is 0 Å². The summed E-state index contributed by atoms with van der Waals surface area (Å²) in [6.07, 6.45) is 16.7. The quantitative estimate of drug-likeness (QED) is 0.0650. The molecule has 0 amide bonds. The average molecular weight is 1270 g/mol. The van der Waals surface area contributed by atoms with Crippen molar-refractivity contribution in [2.24, 2.45) is 0 Å². The summed E-state index contributed by atoms with van der Waals surface area (Å²) in [7, 11) is -7.16. The zero-order chi connectivity index (χ0) is 63.6. The molecule has 16 rings (SSSR count). The van der Waals surface area contributed by atoms with E-state index in [2.05, 4.69) is 275 Å². The Labute approximate surface area is 554 Å². The molecule has 0 heterocycles. The predicted molar refractivity (Wildman–Crippen MR) is 412 cm³/mol. The van der Waals surface area contributed by atoms with Crippen LogP contribution in [0.2, 0.25) is 66.5 Å². The van der Waals surface area contributed by atoms with Gasteiger partial charge in [-0.2, -0.15) is 0 Å². The van der Waals surface area contributed by atoms with Crippen molar-refractivity contribution in [1.82, 2.24) is 0 Å². The smallest absolute Gasteiger partial charge is 0.125 e. The highest BCUT2D eigenvalue weighted by atomic mass is 28.3. The summed E-state index contributed by atoms with van der Waals surface area (Å²) < 4.78 is 0. The molecule has 0 saturated heterocycles. The van der Waals surface area contributed by atoms with Crippen molar-refractivity contribution in [2.45, 2.75) is 227 Å². The Balaban J connectivity index is 0.000000153. The van der Waals surface area contributed by atoms with Crippen LogP contribution in [-0.4, -0.2) is 32.3 Å². The van der Waals surface area contributed by atoms with Crippen LogP contribution >= 0.6 is 0 Å². The number of hydrogen-bond acceptors (Lipinski definition) is 0. The van der Waals surface area contributed by atoms with Crippen LogP contribution in [0, 0.1) is 45.9 Å². The van der Waals surface area contributed by atoms with E-state index in [9.17, 15) is 0 Å². The van der Waals surface area contributed by atoms with Gasteiger partial charge in [-0.25, -0.2) is 0 Å². The van der Waals surface area contributed by atoms with Crippen LogP contribution in [-0.2, 0) is 0 Å². The topological polar surface area (TPSA) is 0 Å². The zero-order valence-electron chi connectivity index (χ0n) is 57.3. The van der Waals surface area contributed by atoms with E-state index in [0.29, 0.717) is 33.2 Å². The molecule has 10 aromatic rings. The summed E-state index contributed by atoms with van der Waals surface area (Å²) >= 11 is 0. The van der Waals surface area contributed by atoms with Crippen molar-refractivity contribution in [1.29, 1.82) is 0 Å². The second kappa shape index (κ2) is 23.7. The van der Waals surface area contributed by atoms with Crippen molar-refractivity contribution in [3.05, 3.63) is 168 Å². The summed E-state index contributed by atoms with van der Waals surface area (Å²) in [5.41, 5.74) is 31.0. The third kappa shape index (κ3) is 10.6. The molecule has 6 aliphatic rings. The minimum Gasteiger partial charge on any atom is -0.125 e. The van der Waals surface area contributed by atoms with Crippen LogP contribution in [0.4, 0.5) is 0 Å². The van der Waals surface area contributed by atoms with Gasteiger partial charge in [0.05, 0.1) is 0 Å². The maximum absolute atomic E-state index is 4.25. The second-order valence-electron chi connectivity index (χ2n) is 31.8. The Hall–Kier alpha value is -6.61. The molecule has 0 spiro atoms. The van der Waals surface area contributed by atoms with Gasteiger partial charge in [0.15, 0.2) is 0 Å². The Morgan fingerprint density at radius 2 is 0.413 bits per heavy atom. The number of benzene rings is 10. The minimum atomic E-state index is -1.85. The van der Waals surface area contributed by atoms with Gasteiger partial charge >= 0.3 is 0 Å². The van der Waals surface area contributed by atoms with Crippen LogP contribution in [0.1, 0.15) is 182 Å². The zero-order valence-corrected chi connectivity index (χ0v) is 61.3. The molecule has 6 aliphatic carbocycles. The summed E-state index contributed by atoms with van der Waals surface area (Å²) in [6.45, 7) is 29.6. The largest absolute Gasteiger partial charge is 0.147 e. The van der Waals surface area contributed by atoms with Crippen molar-refractivity contribution in [3.8, 4) is 45.9 Å².